The molecular formula is C22H27FN2O2. The summed E-state index contributed by atoms with van der Waals surface area (Å²) in [6.07, 6.45) is 10.2. The Morgan fingerprint density at radius 2 is 2.04 bits per heavy atom. The predicted octanol–water partition coefficient (Wildman–Crippen LogP) is 4.91. The Kier molecular flexibility index (Phi) is 5.22. The molecule has 27 heavy (non-hydrogen) atoms. The van der Waals surface area contributed by atoms with Gasteiger partial charge in [0.2, 0.25) is 0 Å². The molecule has 2 atom stereocenters. The van der Waals surface area contributed by atoms with Crippen LogP contribution in [0, 0.1) is 5.82 Å². The molecular weight excluding hydrogens is 343 g/mol. The fourth-order valence-corrected chi connectivity index (χ4v) is 3.92. The number of nitrogens with zero attached hydrogens (tertiary/aromatic N) is 2. The van der Waals surface area contributed by atoms with Crippen LogP contribution in [0.15, 0.2) is 53.2 Å². The van der Waals surface area contributed by atoms with E-state index in [-0.39, 0.29) is 5.82 Å². The number of unbranched alkanes of at least 4 members (excludes halogenated alkanes) is 1. The van der Waals surface area contributed by atoms with E-state index in [1.165, 1.54) is 17.7 Å². The van der Waals surface area contributed by atoms with Gasteiger partial charge in [-0.2, -0.15) is 5.10 Å². The van der Waals surface area contributed by atoms with Gasteiger partial charge in [-0.3, -0.25) is 5.01 Å². The van der Waals surface area contributed by atoms with Crippen LogP contribution in [-0.2, 0) is 4.79 Å². The van der Waals surface area contributed by atoms with Crippen molar-refractivity contribution >= 4 is 11.7 Å². The van der Waals surface area contributed by atoms with Gasteiger partial charge in [0, 0.05) is 6.42 Å². The second kappa shape index (κ2) is 7.29. The molecule has 0 radical (unpaired) electrons. The van der Waals surface area contributed by atoms with Crippen molar-refractivity contribution in [3.63, 3.8) is 0 Å². The lowest BCUT2D eigenvalue weighted by atomic mass is 9.80. The van der Waals surface area contributed by atoms with E-state index in [1.54, 1.807) is 24.1 Å². The van der Waals surface area contributed by atoms with E-state index in [0.717, 1.165) is 31.2 Å². The Labute approximate surface area is 160 Å². The maximum absolute atomic E-state index is 13.3. The van der Waals surface area contributed by atoms with Crippen LogP contribution in [-0.4, -0.2) is 32.9 Å². The summed E-state index contributed by atoms with van der Waals surface area (Å²) in [6, 6.07) is 6.11. The van der Waals surface area contributed by atoms with Crippen LogP contribution in [0.5, 0.6) is 0 Å². The van der Waals surface area contributed by atoms with Gasteiger partial charge in [-0.25, -0.2) is 9.18 Å². The van der Waals surface area contributed by atoms with E-state index >= 15 is 0 Å². The van der Waals surface area contributed by atoms with E-state index in [4.69, 9.17) is 5.10 Å². The van der Waals surface area contributed by atoms with E-state index in [0.29, 0.717) is 12.1 Å². The smallest absolute Gasteiger partial charge is 0.331 e. The summed E-state index contributed by atoms with van der Waals surface area (Å²) in [5.41, 5.74) is 1.05. The number of hydrogen-bond donors (Lipinski definition) is 1. The highest BCUT2D eigenvalue weighted by molar-refractivity contribution is 6.05. The largest absolute Gasteiger partial charge is 0.479 e. The first-order chi connectivity index (χ1) is 12.8. The van der Waals surface area contributed by atoms with Crippen LogP contribution in [0.2, 0.25) is 0 Å². The fraction of sp³-hybridized carbons (Fsp3) is 0.455. The molecule has 1 heterocycles. The molecule has 1 aliphatic heterocycles. The zero-order chi connectivity index (χ0) is 19.7. The van der Waals surface area contributed by atoms with Gasteiger partial charge >= 0.3 is 5.97 Å². The number of hydrazone groups is 1. The molecule has 0 aromatic heterocycles. The Morgan fingerprint density at radius 3 is 2.59 bits per heavy atom. The third kappa shape index (κ3) is 3.55. The molecule has 144 valence electrons. The van der Waals surface area contributed by atoms with Crippen molar-refractivity contribution in [3.05, 3.63) is 59.4 Å². The average molecular weight is 370 g/mol. The molecule has 0 spiro atoms. The normalized spacial score (nSPS) is 27.5. The van der Waals surface area contributed by atoms with Crippen LogP contribution in [0.3, 0.4) is 0 Å². The molecule has 1 aromatic carbocycles. The number of allylic oxidation sites excluding steroid dienone is 2. The zero-order valence-electron chi connectivity index (χ0n) is 16.2. The summed E-state index contributed by atoms with van der Waals surface area (Å²) < 4.78 is 13.3. The molecule has 0 amide bonds. The Morgan fingerprint density at radius 1 is 1.33 bits per heavy atom. The SMILES string of the molecule is CCCCC1(N2N=C(c3ccc(F)cc3)CC2(C)C(=O)O)C=CC(C)=CC1. The van der Waals surface area contributed by atoms with Crippen molar-refractivity contribution < 1.29 is 14.3 Å². The third-order valence-electron chi connectivity index (χ3n) is 5.66. The number of halogens is 1. The molecule has 0 bridgehead atoms. The van der Waals surface area contributed by atoms with Crippen molar-refractivity contribution in [3.8, 4) is 0 Å². The van der Waals surface area contributed by atoms with Crippen LogP contribution in [0.25, 0.3) is 0 Å². The van der Waals surface area contributed by atoms with Gasteiger partial charge in [0.1, 0.15) is 5.82 Å². The first-order valence-corrected chi connectivity index (χ1v) is 9.54. The summed E-state index contributed by atoms with van der Waals surface area (Å²) >= 11 is 0. The van der Waals surface area contributed by atoms with Crippen LogP contribution in [0.1, 0.15) is 58.4 Å². The summed E-state index contributed by atoms with van der Waals surface area (Å²) in [5, 5.41) is 16.7. The van der Waals surface area contributed by atoms with Gasteiger partial charge in [0.05, 0.1) is 11.3 Å². The Balaban J connectivity index is 2.05. The second-order valence-corrected chi connectivity index (χ2v) is 7.81. The molecule has 1 aliphatic carbocycles. The lowest BCUT2D eigenvalue weighted by Crippen LogP contribution is -2.57. The van der Waals surface area contributed by atoms with Crippen molar-refractivity contribution in [2.45, 2.75) is 64.0 Å². The summed E-state index contributed by atoms with van der Waals surface area (Å²) in [5.74, 6) is -1.20. The number of hydrogen-bond acceptors (Lipinski definition) is 3. The minimum atomic E-state index is -1.14. The van der Waals surface area contributed by atoms with Gasteiger partial charge in [-0.15, -0.1) is 0 Å². The van der Waals surface area contributed by atoms with Gasteiger partial charge in [0.25, 0.3) is 0 Å². The molecule has 0 fully saturated rings. The molecule has 3 rings (SSSR count). The first-order valence-electron chi connectivity index (χ1n) is 9.54. The van der Waals surface area contributed by atoms with Gasteiger partial charge < -0.3 is 5.11 Å². The van der Waals surface area contributed by atoms with Crippen LogP contribution >= 0.6 is 0 Å². The highest BCUT2D eigenvalue weighted by atomic mass is 19.1. The maximum Gasteiger partial charge on any atom is 0.331 e. The number of carboxylic acid groups (broad SMARTS) is 1. The molecule has 0 saturated carbocycles. The van der Waals surface area contributed by atoms with E-state index in [1.807, 2.05) is 6.92 Å². The van der Waals surface area contributed by atoms with E-state index in [2.05, 4.69) is 25.2 Å². The van der Waals surface area contributed by atoms with Gasteiger partial charge in [-0.1, -0.05) is 55.7 Å². The molecule has 4 nitrogen and oxygen atoms in total. The number of aliphatic carboxylic acids is 1. The molecule has 2 unspecified atom stereocenters. The molecule has 5 heteroatoms. The first kappa shape index (κ1) is 19.3. The van der Waals surface area contributed by atoms with E-state index < -0.39 is 17.0 Å². The van der Waals surface area contributed by atoms with Crippen molar-refractivity contribution in [2.75, 3.05) is 0 Å². The Bertz CT molecular complexity index is 812. The summed E-state index contributed by atoms with van der Waals surface area (Å²) in [6.45, 7) is 5.92. The zero-order valence-corrected chi connectivity index (χ0v) is 16.2. The van der Waals surface area contributed by atoms with E-state index in [9.17, 15) is 14.3 Å². The van der Waals surface area contributed by atoms with Crippen molar-refractivity contribution in [1.82, 2.24) is 5.01 Å². The molecule has 1 N–H and O–H groups in total. The van der Waals surface area contributed by atoms with Gasteiger partial charge in [0.15, 0.2) is 5.54 Å². The average Bonchev–Trinajstić information content (AvgIpc) is 3.02. The fourth-order valence-electron chi connectivity index (χ4n) is 3.92. The minimum absolute atomic E-state index is 0.290. The standard InChI is InChI=1S/C22H27FN2O2/c1-4-5-12-22(13-10-16(2)11-14-22)25-21(3,20(26)27)15-19(24-25)17-6-8-18(23)9-7-17/h6-11,13H,4-5,12,14-15H2,1-3H3,(H,26,27). The highest BCUT2D eigenvalue weighted by Crippen LogP contribution is 2.43. The van der Waals surface area contributed by atoms with Crippen molar-refractivity contribution in [1.29, 1.82) is 0 Å². The highest BCUT2D eigenvalue weighted by Gasteiger charge is 2.53. The lowest BCUT2D eigenvalue weighted by Gasteiger charge is -2.46. The molecule has 1 aromatic rings. The number of rotatable bonds is 6. The van der Waals surface area contributed by atoms with Crippen LogP contribution < -0.4 is 0 Å². The van der Waals surface area contributed by atoms with Gasteiger partial charge in [-0.05, 0) is 44.4 Å². The second-order valence-electron chi connectivity index (χ2n) is 7.81. The predicted molar refractivity (Wildman–Crippen MR) is 105 cm³/mol. The summed E-state index contributed by atoms with van der Waals surface area (Å²) in [4.78, 5) is 12.3. The van der Waals surface area contributed by atoms with Crippen molar-refractivity contribution in [2.24, 2.45) is 5.10 Å². The number of benzene rings is 1. The van der Waals surface area contributed by atoms with Crippen LogP contribution in [0.4, 0.5) is 4.39 Å². The number of carbonyl (C=O) groups is 1. The summed E-state index contributed by atoms with van der Waals surface area (Å²) in [7, 11) is 0. The quantitative estimate of drug-likeness (QED) is 0.774. The minimum Gasteiger partial charge on any atom is -0.479 e. The molecule has 2 aliphatic rings. The monoisotopic (exact) mass is 370 g/mol. The number of carboxylic acids is 1. The Hall–Kier alpha value is -2.43. The maximum atomic E-state index is 13.3. The topological polar surface area (TPSA) is 52.9 Å². The third-order valence-corrected chi connectivity index (χ3v) is 5.66. The lowest BCUT2D eigenvalue weighted by molar-refractivity contribution is -0.153. The molecule has 0 saturated heterocycles.